The quantitative estimate of drug-likeness (QED) is 0.222. The van der Waals surface area contributed by atoms with Gasteiger partial charge in [-0.1, -0.05) is 53.5 Å². The van der Waals surface area contributed by atoms with Crippen molar-refractivity contribution in [3.63, 3.8) is 0 Å². The Hall–Kier alpha value is -3.24. The lowest BCUT2D eigenvalue weighted by Crippen LogP contribution is -2.31. The van der Waals surface area contributed by atoms with Crippen molar-refractivity contribution in [2.75, 3.05) is 4.90 Å². The van der Waals surface area contributed by atoms with Gasteiger partial charge in [0.05, 0.1) is 15.7 Å². The van der Waals surface area contributed by atoms with E-state index < -0.39 is 11.8 Å². The lowest BCUT2D eigenvalue weighted by atomic mass is 10.3. The summed E-state index contributed by atoms with van der Waals surface area (Å²) >= 11 is 14.4. The van der Waals surface area contributed by atoms with E-state index >= 15 is 0 Å². The molecule has 1 aliphatic heterocycles. The molecule has 7 nitrogen and oxygen atoms in total. The zero-order valence-electron chi connectivity index (χ0n) is 17.4. The Balaban J connectivity index is 1.44. The second-order valence-corrected chi connectivity index (χ2v) is 9.98. The van der Waals surface area contributed by atoms with Crippen LogP contribution in [0.4, 0.5) is 5.69 Å². The minimum absolute atomic E-state index is 0.0928. The number of thioether (sulfide) groups is 2. The lowest BCUT2D eigenvalue weighted by Gasteiger charge is -2.16. The first-order valence-electron chi connectivity index (χ1n) is 10.1. The summed E-state index contributed by atoms with van der Waals surface area (Å²) in [5.41, 5.74) is 2.58. The highest BCUT2D eigenvalue weighted by Crippen LogP contribution is 2.46. The lowest BCUT2D eigenvalue weighted by molar-refractivity contribution is -0.120. The van der Waals surface area contributed by atoms with Gasteiger partial charge in [0, 0.05) is 0 Å². The molecular weight excluding hydrogens is 529 g/mol. The fraction of sp³-hybridized carbons (Fsp3) is 0. The number of benzene rings is 3. The predicted octanol–water partition coefficient (Wildman–Crippen LogP) is 6.95. The fourth-order valence-corrected chi connectivity index (χ4v) is 5.76. The van der Waals surface area contributed by atoms with E-state index in [1.807, 2.05) is 24.3 Å². The van der Waals surface area contributed by atoms with Gasteiger partial charge in [-0.25, -0.2) is 14.9 Å². The number of hydrogen-bond donors (Lipinski definition) is 0. The maximum absolute atomic E-state index is 13.6. The maximum atomic E-state index is 13.6. The van der Waals surface area contributed by atoms with E-state index in [1.165, 1.54) is 0 Å². The smallest absolute Gasteiger partial charge is 0.273 e. The van der Waals surface area contributed by atoms with E-state index in [2.05, 4.69) is 9.97 Å². The van der Waals surface area contributed by atoms with Crippen LogP contribution in [0, 0.1) is 0 Å². The number of aromatic nitrogens is 2. The molecule has 11 heteroatoms. The van der Waals surface area contributed by atoms with Gasteiger partial charge in [0.1, 0.15) is 20.8 Å². The third-order valence-corrected chi connectivity index (χ3v) is 7.90. The van der Waals surface area contributed by atoms with E-state index in [0.29, 0.717) is 22.2 Å². The maximum Gasteiger partial charge on any atom is 0.273 e. The summed E-state index contributed by atoms with van der Waals surface area (Å²) in [5, 5.41) is 0.752. The number of para-hydroxylation sites is 4. The Morgan fingerprint density at radius 2 is 1.20 bits per heavy atom. The standard InChI is InChI=1S/C24H11Cl2N3O4S2/c25-12-6-5-9-15(18(12)26)29-21(30)19(34-23-27-13-7-1-3-10-16(13)32-23)20(22(29)31)35-24-28-14-8-2-4-11-17(14)33-24/h1-11H. The molecule has 1 aliphatic rings. The largest absolute Gasteiger partial charge is 0.431 e. The summed E-state index contributed by atoms with van der Waals surface area (Å²) in [4.78, 5) is 37.2. The molecule has 0 aliphatic carbocycles. The summed E-state index contributed by atoms with van der Waals surface area (Å²) in [7, 11) is 0. The molecule has 35 heavy (non-hydrogen) atoms. The van der Waals surface area contributed by atoms with Gasteiger partial charge < -0.3 is 8.83 Å². The number of rotatable bonds is 5. The highest BCUT2D eigenvalue weighted by Gasteiger charge is 2.43. The van der Waals surface area contributed by atoms with Crippen molar-refractivity contribution in [3.8, 4) is 0 Å². The normalized spacial score (nSPS) is 14.2. The number of carbonyl (C=O) groups is 2. The van der Waals surface area contributed by atoms with E-state index in [-0.39, 0.29) is 36.0 Å². The molecule has 0 bridgehead atoms. The molecule has 0 N–H and O–H groups in total. The van der Waals surface area contributed by atoms with Gasteiger partial charge in [-0.15, -0.1) is 0 Å². The van der Waals surface area contributed by atoms with Gasteiger partial charge in [0.2, 0.25) is 0 Å². The third-order valence-electron chi connectivity index (χ3n) is 5.10. The van der Waals surface area contributed by atoms with Crippen LogP contribution in [0.15, 0.2) is 95.8 Å². The fourth-order valence-electron chi connectivity index (χ4n) is 3.52. The zero-order chi connectivity index (χ0) is 24.1. The van der Waals surface area contributed by atoms with E-state index in [1.54, 1.807) is 42.5 Å². The molecule has 6 rings (SSSR count). The number of hydrogen-bond acceptors (Lipinski definition) is 8. The molecule has 0 unspecified atom stereocenters. The van der Waals surface area contributed by atoms with Crippen molar-refractivity contribution < 1.29 is 18.4 Å². The zero-order valence-corrected chi connectivity index (χ0v) is 20.5. The molecule has 172 valence electrons. The molecule has 0 fully saturated rings. The average Bonchev–Trinajstić information content (AvgIpc) is 3.52. The van der Waals surface area contributed by atoms with Crippen LogP contribution in [-0.2, 0) is 9.59 Å². The van der Waals surface area contributed by atoms with Crippen LogP contribution in [0.2, 0.25) is 10.0 Å². The van der Waals surface area contributed by atoms with Crippen LogP contribution in [0.25, 0.3) is 22.2 Å². The molecule has 3 heterocycles. The van der Waals surface area contributed by atoms with Crippen LogP contribution >= 0.6 is 46.7 Å². The van der Waals surface area contributed by atoms with E-state index in [0.717, 1.165) is 28.4 Å². The van der Waals surface area contributed by atoms with Gasteiger partial charge in [-0.3, -0.25) is 9.59 Å². The average molecular weight is 540 g/mol. The highest BCUT2D eigenvalue weighted by atomic mass is 35.5. The number of halogens is 2. The van der Waals surface area contributed by atoms with Crippen molar-refractivity contribution >= 4 is 86.4 Å². The molecule has 0 saturated carbocycles. The monoisotopic (exact) mass is 539 g/mol. The molecule has 2 amide bonds. The Bertz CT molecular complexity index is 1530. The van der Waals surface area contributed by atoms with Crippen LogP contribution in [0.1, 0.15) is 0 Å². The van der Waals surface area contributed by atoms with Gasteiger partial charge >= 0.3 is 0 Å². The Morgan fingerprint density at radius 1 is 0.686 bits per heavy atom. The van der Waals surface area contributed by atoms with Crippen molar-refractivity contribution in [2.45, 2.75) is 10.4 Å². The molecule has 3 aromatic carbocycles. The van der Waals surface area contributed by atoms with Crippen LogP contribution in [0.3, 0.4) is 0 Å². The number of anilines is 1. The minimum Gasteiger partial charge on any atom is -0.431 e. The van der Waals surface area contributed by atoms with E-state index in [9.17, 15) is 9.59 Å². The van der Waals surface area contributed by atoms with Gasteiger partial charge in [0.25, 0.3) is 22.3 Å². The minimum atomic E-state index is -0.579. The number of oxazole rings is 2. The molecular formula is C24H11Cl2N3O4S2. The first kappa shape index (κ1) is 22.2. The SMILES string of the molecule is O=C1C(Sc2nc3ccccc3o2)=C(Sc2nc3ccccc3o2)C(=O)N1c1cccc(Cl)c1Cl. The van der Waals surface area contributed by atoms with Gasteiger partial charge in [0.15, 0.2) is 11.2 Å². The molecule has 0 radical (unpaired) electrons. The topological polar surface area (TPSA) is 89.4 Å². The molecule has 0 spiro atoms. The van der Waals surface area contributed by atoms with E-state index in [4.69, 9.17) is 32.0 Å². The first-order valence-corrected chi connectivity index (χ1v) is 12.5. The number of imide groups is 1. The summed E-state index contributed by atoms with van der Waals surface area (Å²) < 4.78 is 11.6. The Labute approximate surface area is 216 Å². The predicted molar refractivity (Wildman–Crippen MR) is 136 cm³/mol. The number of fused-ring (bicyclic) bond motifs is 2. The summed E-state index contributed by atoms with van der Waals surface area (Å²) in [6.07, 6.45) is 0. The summed E-state index contributed by atoms with van der Waals surface area (Å²) in [6, 6.07) is 19.2. The Morgan fingerprint density at radius 3 is 1.71 bits per heavy atom. The van der Waals surface area contributed by atoms with Crippen molar-refractivity contribution in [3.05, 3.63) is 86.6 Å². The van der Waals surface area contributed by atoms with Gasteiger partial charge in [-0.2, -0.15) is 0 Å². The number of carbonyl (C=O) groups excluding carboxylic acids is 2. The van der Waals surface area contributed by atoms with Crippen molar-refractivity contribution in [2.24, 2.45) is 0 Å². The number of nitrogens with zero attached hydrogens (tertiary/aromatic N) is 3. The van der Waals surface area contributed by atoms with Crippen LogP contribution in [0.5, 0.6) is 0 Å². The molecule has 2 aromatic heterocycles. The highest BCUT2D eigenvalue weighted by molar-refractivity contribution is 8.08. The Kier molecular flexibility index (Phi) is 5.57. The van der Waals surface area contributed by atoms with Crippen LogP contribution < -0.4 is 4.90 Å². The summed E-state index contributed by atoms with van der Waals surface area (Å²) in [5.74, 6) is -1.16. The summed E-state index contributed by atoms with van der Waals surface area (Å²) in [6.45, 7) is 0. The van der Waals surface area contributed by atoms with Crippen molar-refractivity contribution in [1.82, 2.24) is 9.97 Å². The number of amides is 2. The first-order chi connectivity index (χ1) is 17.0. The second-order valence-electron chi connectivity index (χ2n) is 7.28. The second kappa shape index (κ2) is 8.76. The van der Waals surface area contributed by atoms with Gasteiger partial charge in [-0.05, 0) is 59.9 Å². The third kappa shape index (κ3) is 3.90. The van der Waals surface area contributed by atoms with Crippen molar-refractivity contribution in [1.29, 1.82) is 0 Å². The van der Waals surface area contributed by atoms with Crippen LogP contribution in [-0.4, -0.2) is 21.8 Å². The molecule has 0 saturated heterocycles. The molecule has 5 aromatic rings. The molecule has 0 atom stereocenters.